The number of hydrogen-bond acceptors (Lipinski definition) is 8. The third-order valence-corrected chi connectivity index (χ3v) is 5.37. The van der Waals surface area contributed by atoms with Crippen molar-refractivity contribution in [1.29, 1.82) is 0 Å². The Balaban J connectivity index is 1.55. The first-order chi connectivity index (χ1) is 15.7. The number of morpholine rings is 1. The SMILES string of the molecule is Cc1cccc(/C=N/Nc2nc(N3CCOCC3)c3nc(-c4ccncc4)n(C)c3n2)c1. The van der Waals surface area contributed by atoms with Crippen LogP contribution in [0.1, 0.15) is 11.1 Å². The number of imidazole rings is 1. The molecule has 32 heavy (non-hydrogen) atoms. The van der Waals surface area contributed by atoms with Gasteiger partial charge in [-0.1, -0.05) is 29.8 Å². The van der Waals surface area contributed by atoms with Gasteiger partial charge in [0.15, 0.2) is 17.0 Å². The second-order valence-electron chi connectivity index (χ2n) is 7.66. The number of nitrogens with zero attached hydrogens (tertiary/aromatic N) is 7. The Bertz CT molecular complexity index is 1260. The molecule has 1 aromatic carbocycles. The summed E-state index contributed by atoms with van der Waals surface area (Å²) in [5, 5.41) is 4.36. The normalized spacial score (nSPS) is 14.4. The number of benzene rings is 1. The minimum absolute atomic E-state index is 0.423. The Kier molecular flexibility index (Phi) is 5.47. The van der Waals surface area contributed by atoms with Crippen molar-refractivity contribution >= 4 is 29.1 Å². The standard InChI is InChI=1S/C23H24N8O/c1-16-4-3-5-17(14-16)15-25-29-23-27-21-19(22(28-23)31-10-12-32-13-11-31)26-20(30(21)2)18-6-8-24-9-7-18/h3-9,14-15H,10-13H2,1-2H3,(H,27,28,29)/b25-15+. The van der Waals surface area contributed by atoms with Gasteiger partial charge in [-0.2, -0.15) is 15.1 Å². The smallest absolute Gasteiger partial charge is 0.247 e. The summed E-state index contributed by atoms with van der Waals surface area (Å²) < 4.78 is 7.51. The van der Waals surface area contributed by atoms with E-state index >= 15 is 0 Å². The number of anilines is 2. The Labute approximate surface area is 185 Å². The first kappa shape index (κ1) is 20.1. The van der Waals surface area contributed by atoms with Gasteiger partial charge in [-0.3, -0.25) is 4.98 Å². The molecule has 3 aromatic heterocycles. The van der Waals surface area contributed by atoms with Crippen LogP contribution in [0.25, 0.3) is 22.6 Å². The Hall–Kier alpha value is -3.85. The van der Waals surface area contributed by atoms with E-state index in [0.29, 0.717) is 19.2 Å². The van der Waals surface area contributed by atoms with E-state index in [2.05, 4.69) is 39.5 Å². The van der Waals surface area contributed by atoms with Crippen LogP contribution in [0.2, 0.25) is 0 Å². The molecule has 1 aliphatic heterocycles. The number of aryl methyl sites for hydroxylation is 2. The van der Waals surface area contributed by atoms with Crippen molar-refractivity contribution in [2.45, 2.75) is 6.92 Å². The highest BCUT2D eigenvalue weighted by Crippen LogP contribution is 2.29. The summed E-state index contributed by atoms with van der Waals surface area (Å²) in [5.74, 6) is 2.02. The molecule has 1 N–H and O–H groups in total. The third-order valence-electron chi connectivity index (χ3n) is 5.37. The lowest BCUT2D eigenvalue weighted by atomic mass is 10.2. The molecule has 162 valence electrons. The Morgan fingerprint density at radius 2 is 1.88 bits per heavy atom. The number of hydrogen-bond donors (Lipinski definition) is 1. The molecular formula is C23H24N8O. The van der Waals surface area contributed by atoms with Gasteiger partial charge in [0.05, 0.1) is 19.4 Å². The number of aromatic nitrogens is 5. The molecule has 1 aliphatic rings. The van der Waals surface area contributed by atoms with Crippen molar-refractivity contribution in [1.82, 2.24) is 24.5 Å². The van der Waals surface area contributed by atoms with Crippen molar-refractivity contribution in [3.8, 4) is 11.4 Å². The zero-order valence-corrected chi connectivity index (χ0v) is 18.1. The van der Waals surface area contributed by atoms with Crippen LogP contribution in [0.4, 0.5) is 11.8 Å². The second-order valence-corrected chi connectivity index (χ2v) is 7.66. The molecule has 0 aliphatic carbocycles. The van der Waals surface area contributed by atoms with Crippen LogP contribution in [0, 0.1) is 6.92 Å². The van der Waals surface area contributed by atoms with Crippen molar-refractivity contribution in [2.24, 2.45) is 12.1 Å². The van der Waals surface area contributed by atoms with E-state index in [0.717, 1.165) is 47.0 Å². The maximum Gasteiger partial charge on any atom is 0.247 e. The second kappa shape index (κ2) is 8.72. The molecule has 0 bridgehead atoms. The molecule has 4 aromatic rings. The largest absolute Gasteiger partial charge is 0.378 e. The van der Waals surface area contributed by atoms with Gasteiger partial charge in [0, 0.05) is 38.1 Å². The molecule has 9 heteroatoms. The zero-order chi connectivity index (χ0) is 21.9. The first-order valence-electron chi connectivity index (χ1n) is 10.5. The maximum atomic E-state index is 5.53. The summed E-state index contributed by atoms with van der Waals surface area (Å²) in [5.41, 5.74) is 7.65. The van der Waals surface area contributed by atoms with Crippen LogP contribution in [0.3, 0.4) is 0 Å². The van der Waals surface area contributed by atoms with Crippen molar-refractivity contribution in [2.75, 3.05) is 36.6 Å². The van der Waals surface area contributed by atoms with Crippen molar-refractivity contribution in [3.63, 3.8) is 0 Å². The molecule has 0 amide bonds. The number of hydrazone groups is 1. The Morgan fingerprint density at radius 3 is 2.66 bits per heavy atom. The lowest BCUT2D eigenvalue weighted by Gasteiger charge is -2.27. The number of pyridine rings is 1. The number of rotatable bonds is 5. The quantitative estimate of drug-likeness (QED) is 0.386. The van der Waals surface area contributed by atoms with Crippen LogP contribution < -0.4 is 10.3 Å². The summed E-state index contributed by atoms with van der Waals surface area (Å²) in [4.78, 5) is 20.7. The van der Waals surface area contributed by atoms with Crippen LogP contribution in [-0.2, 0) is 11.8 Å². The number of ether oxygens (including phenoxy) is 1. The van der Waals surface area contributed by atoms with Gasteiger partial charge in [0.25, 0.3) is 0 Å². The van der Waals surface area contributed by atoms with Gasteiger partial charge in [0.2, 0.25) is 5.95 Å². The first-order valence-corrected chi connectivity index (χ1v) is 10.5. The molecule has 0 unspecified atom stereocenters. The number of nitrogens with one attached hydrogen (secondary N) is 1. The molecule has 0 atom stereocenters. The summed E-state index contributed by atoms with van der Waals surface area (Å²) >= 11 is 0. The van der Waals surface area contributed by atoms with Gasteiger partial charge in [-0.25, -0.2) is 10.4 Å². The minimum atomic E-state index is 0.423. The van der Waals surface area contributed by atoms with Gasteiger partial charge in [-0.05, 0) is 24.6 Å². The molecular weight excluding hydrogens is 404 g/mol. The maximum absolute atomic E-state index is 5.53. The predicted octanol–water partition coefficient (Wildman–Crippen LogP) is 3.02. The van der Waals surface area contributed by atoms with Crippen molar-refractivity contribution < 1.29 is 4.74 Å². The summed E-state index contributed by atoms with van der Waals surface area (Å²) in [6, 6.07) is 12.0. The van der Waals surface area contributed by atoms with E-state index in [9.17, 15) is 0 Å². The molecule has 4 heterocycles. The van der Waals surface area contributed by atoms with E-state index in [1.165, 1.54) is 5.56 Å². The molecule has 0 saturated carbocycles. The minimum Gasteiger partial charge on any atom is -0.378 e. The van der Waals surface area contributed by atoms with Gasteiger partial charge >= 0.3 is 0 Å². The summed E-state index contributed by atoms with van der Waals surface area (Å²) in [6.07, 6.45) is 5.28. The van der Waals surface area contributed by atoms with E-state index < -0.39 is 0 Å². The molecule has 9 nitrogen and oxygen atoms in total. The fourth-order valence-corrected chi connectivity index (χ4v) is 3.77. The summed E-state index contributed by atoms with van der Waals surface area (Å²) in [7, 11) is 1.96. The van der Waals surface area contributed by atoms with E-state index in [4.69, 9.17) is 19.7 Å². The number of fused-ring (bicyclic) bond motifs is 1. The fraction of sp³-hybridized carbons (Fsp3) is 0.261. The molecule has 1 saturated heterocycles. The zero-order valence-electron chi connectivity index (χ0n) is 18.1. The van der Waals surface area contributed by atoms with Crippen molar-refractivity contribution in [3.05, 3.63) is 59.9 Å². The summed E-state index contributed by atoms with van der Waals surface area (Å²) in [6.45, 7) is 4.87. The van der Waals surface area contributed by atoms with E-state index in [-0.39, 0.29) is 0 Å². The third kappa shape index (κ3) is 4.02. The topological polar surface area (TPSA) is 93.4 Å². The highest BCUT2D eigenvalue weighted by molar-refractivity contribution is 5.88. The van der Waals surface area contributed by atoms with E-state index in [1.54, 1.807) is 18.6 Å². The highest BCUT2D eigenvalue weighted by atomic mass is 16.5. The average Bonchev–Trinajstić information content (AvgIpc) is 3.16. The Morgan fingerprint density at radius 1 is 1.06 bits per heavy atom. The van der Waals surface area contributed by atoms with Crippen LogP contribution in [-0.4, -0.2) is 57.0 Å². The molecule has 0 radical (unpaired) electrons. The van der Waals surface area contributed by atoms with Crippen LogP contribution >= 0.6 is 0 Å². The fourth-order valence-electron chi connectivity index (χ4n) is 3.77. The predicted molar refractivity (Wildman–Crippen MR) is 125 cm³/mol. The average molecular weight is 429 g/mol. The molecule has 5 rings (SSSR count). The van der Waals surface area contributed by atoms with Gasteiger partial charge in [0.1, 0.15) is 5.82 Å². The monoisotopic (exact) mass is 428 g/mol. The van der Waals surface area contributed by atoms with Gasteiger partial charge in [-0.15, -0.1) is 0 Å². The lowest BCUT2D eigenvalue weighted by molar-refractivity contribution is 0.122. The van der Waals surface area contributed by atoms with E-state index in [1.807, 2.05) is 35.9 Å². The van der Waals surface area contributed by atoms with Gasteiger partial charge < -0.3 is 14.2 Å². The van der Waals surface area contributed by atoms with Crippen LogP contribution in [0.5, 0.6) is 0 Å². The molecule has 1 fully saturated rings. The van der Waals surface area contributed by atoms with Crippen LogP contribution in [0.15, 0.2) is 53.9 Å². The highest BCUT2D eigenvalue weighted by Gasteiger charge is 2.22. The molecule has 0 spiro atoms. The lowest BCUT2D eigenvalue weighted by Crippen LogP contribution is -2.37.